The van der Waals surface area contributed by atoms with E-state index in [0.29, 0.717) is 0 Å². The Kier molecular flexibility index (Phi) is 57.2. The van der Waals surface area contributed by atoms with Crippen LogP contribution in [0.5, 0.6) is 0 Å². The van der Waals surface area contributed by atoms with Crippen molar-refractivity contribution in [1.82, 2.24) is 36.5 Å². The fraction of sp³-hybridized carbons (Fsp3) is 0.588. The second kappa shape index (κ2) is 58.4. The van der Waals surface area contributed by atoms with E-state index in [9.17, 15) is 0 Å². The van der Waals surface area contributed by atoms with Gasteiger partial charge in [0.1, 0.15) is 99.1 Å². The summed E-state index contributed by atoms with van der Waals surface area (Å²) in [6, 6.07) is 0. The number of nitrogens with zero attached hydrogens (tertiary/aromatic N) is 20. The molecule has 0 bridgehead atoms. The highest BCUT2D eigenvalue weighted by atomic mass is 16.4. The number of imidazole rings is 8. The van der Waals surface area contributed by atoms with Gasteiger partial charge in [-0.3, -0.25) is 0 Å². The number of nitriles is 4. The van der Waals surface area contributed by atoms with Gasteiger partial charge in [-0.25, -0.2) is 94.1 Å². The molecule has 0 aliphatic heterocycles. The van der Waals surface area contributed by atoms with E-state index in [0.717, 1.165) is 76.2 Å². The molecule has 8 aromatic heterocycles. The topological polar surface area (TPSA) is 350 Å². The van der Waals surface area contributed by atoms with Crippen LogP contribution >= 0.6 is 0 Å². The lowest BCUT2D eigenvalue weighted by Crippen LogP contribution is -2.43. The second-order valence-electron chi connectivity index (χ2n) is 23.0. The van der Waals surface area contributed by atoms with Crippen molar-refractivity contribution in [3.8, 4) is 23.9 Å². The Morgan fingerprint density at radius 2 is 0.320 bits per heavy atom. The van der Waals surface area contributed by atoms with E-state index in [1.54, 1.807) is 0 Å². The number of aromatic nitrogens is 16. The van der Waals surface area contributed by atoms with Crippen LogP contribution in [-0.4, -0.2) is 65.0 Å². The molecule has 0 radical (unpaired) electrons. The molecule has 0 spiro atoms. The molecule has 0 saturated heterocycles. The van der Waals surface area contributed by atoms with Crippen LogP contribution in [0.3, 0.4) is 0 Å². The van der Waals surface area contributed by atoms with Gasteiger partial charge in [-0.2, -0.15) is 0 Å². The fourth-order valence-electron chi connectivity index (χ4n) is 8.61. The largest absolute Gasteiger partial charge is 0.881 e. The molecule has 0 saturated carbocycles. The zero-order chi connectivity index (χ0) is 77.6. The Balaban J connectivity index is -0.000000508. The van der Waals surface area contributed by atoms with Crippen molar-refractivity contribution >= 4 is 28.5 Å². The van der Waals surface area contributed by atoms with Crippen LogP contribution in [0.25, 0.3) is 0 Å². The summed E-state index contributed by atoms with van der Waals surface area (Å²) in [5.41, 5.74) is 0. The highest BCUT2D eigenvalue weighted by molar-refractivity contribution is 6.47. The van der Waals surface area contributed by atoms with Gasteiger partial charge in [0.15, 0.2) is 0 Å². The number of aryl methyl sites for hydroxylation is 16. The lowest BCUT2D eigenvalue weighted by Gasteiger charge is -2.12. The second-order valence-corrected chi connectivity index (χ2v) is 23.0. The smallest absolute Gasteiger partial charge is 0.253 e. The summed E-state index contributed by atoms with van der Waals surface area (Å²) in [5, 5.41) is 101. The van der Waals surface area contributed by atoms with E-state index >= 15 is 0 Å². The molecule has 0 amide bonds. The quantitative estimate of drug-likeness (QED) is 0.0704. The average Bonchev–Trinajstić information content (AvgIpc) is 1.99. The van der Waals surface area contributed by atoms with E-state index < -0.39 is 28.5 Å². The van der Waals surface area contributed by atoms with Crippen molar-refractivity contribution in [2.24, 2.45) is 56.4 Å². The summed E-state index contributed by atoms with van der Waals surface area (Å²) in [6.07, 6.45) is 43.3. The number of hydrogen-bond donors (Lipinski definition) is 0. The molecule has 0 N–H and O–H groups in total. The molecule has 0 aliphatic carbocycles. The third kappa shape index (κ3) is 43.2. The summed E-state index contributed by atoms with van der Waals surface area (Å²) in [7, 11) is 7.33. The monoisotopic (exact) mass is 1390 g/mol. The van der Waals surface area contributed by atoms with Gasteiger partial charge in [0.05, 0.1) is 109 Å². The van der Waals surface area contributed by atoms with E-state index in [1.165, 1.54) is 98.0 Å². The molecular weight excluding hydrogens is 1270 g/mol. The van der Waals surface area contributed by atoms with Crippen LogP contribution in [0, 0.1) is 100 Å². The summed E-state index contributed by atoms with van der Waals surface area (Å²) in [5.74, 6) is 14.2. The molecule has 32 heteroatoms. The molecule has 8 rings (SSSR count). The minimum absolute atomic E-state index is 0.917. The fourth-order valence-corrected chi connectivity index (χ4v) is 8.61. The summed E-state index contributed by atoms with van der Waals surface area (Å²) >= 11 is 0. The SMILES string of the molecule is CCCn1cc[n+](C)c1C.CCCn1cc[n+](C)c1C.CCCn1cc[n+](C)c1C.CCCn1cc[n+](C)c1C.CCCn1cc[n+](C)c1C.CCCn1cc[n+](C)c1C.CCCn1cc[n+](C)c1C.CCCn1cc[n+](C)c1C.N#CB([O-])[O-].N#CB([O-])[O-].N#CB([O-])[O-].N#CB([O-])[O-]. The molecule has 8 aromatic rings. The molecule has 0 atom stereocenters. The zero-order valence-corrected chi connectivity index (χ0v) is 65.1. The molecule has 552 valence electrons. The third-order valence-electron chi connectivity index (χ3n) is 15.3. The minimum Gasteiger partial charge on any atom is -0.881 e. The van der Waals surface area contributed by atoms with Gasteiger partial charge in [0.2, 0.25) is 0 Å². The van der Waals surface area contributed by atoms with Crippen molar-refractivity contribution in [3.63, 3.8) is 0 Å². The van der Waals surface area contributed by atoms with Crippen molar-refractivity contribution in [1.29, 1.82) is 21.0 Å². The average molecular weight is 1390 g/mol. The summed E-state index contributed by atoms with van der Waals surface area (Å²) < 4.78 is 35.2. The van der Waals surface area contributed by atoms with Gasteiger partial charge < -0.3 is 40.2 Å². The molecule has 8 heterocycles. The van der Waals surface area contributed by atoms with Crippen LogP contribution in [0.2, 0.25) is 0 Å². The normalized spacial score (nSPS) is 9.40. The Hall–Kier alpha value is -8.42. The van der Waals surface area contributed by atoms with E-state index in [4.69, 9.17) is 61.2 Å². The van der Waals surface area contributed by atoms with E-state index in [-0.39, 0.29) is 0 Å². The van der Waals surface area contributed by atoms with Crippen molar-refractivity contribution in [2.45, 2.75) is 215 Å². The van der Waals surface area contributed by atoms with Gasteiger partial charge in [-0.15, -0.1) is 0 Å². The lowest BCUT2D eigenvalue weighted by molar-refractivity contribution is -0.677. The van der Waals surface area contributed by atoms with Gasteiger partial charge >= 0.3 is 0 Å². The number of hydrogen-bond acceptors (Lipinski definition) is 12. The zero-order valence-electron chi connectivity index (χ0n) is 65.1. The molecule has 28 nitrogen and oxygen atoms in total. The van der Waals surface area contributed by atoms with E-state index in [1.807, 2.05) is 0 Å². The van der Waals surface area contributed by atoms with Gasteiger partial charge in [0.25, 0.3) is 46.6 Å². The standard InChI is InChI=1S/8C8H15N2.4CBNO2/c8*1-4-5-10-7-6-9(3)8(10)2;4*3-1-2(4)5/h8*6-7H,4-5H2,1-3H3;;;;/q8*+1;4*-2. The first kappa shape index (κ1) is 98.0. The van der Waals surface area contributed by atoms with Crippen LogP contribution in [0.4, 0.5) is 0 Å². The van der Waals surface area contributed by atoms with Gasteiger partial charge in [-0.1, -0.05) is 55.4 Å². The summed E-state index contributed by atoms with van der Waals surface area (Å²) in [4.78, 5) is 0. The van der Waals surface area contributed by atoms with Crippen LogP contribution in [0.15, 0.2) is 99.1 Å². The maximum atomic E-state index is 8.98. The first-order chi connectivity index (χ1) is 47.1. The van der Waals surface area contributed by atoms with Gasteiger partial charge in [-0.05, 0) is 75.2 Å². The van der Waals surface area contributed by atoms with Crippen molar-refractivity contribution < 1.29 is 76.7 Å². The van der Waals surface area contributed by atoms with Crippen molar-refractivity contribution in [2.75, 3.05) is 0 Å². The highest BCUT2D eigenvalue weighted by Gasteiger charge is 2.11. The molecule has 100 heavy (non-hydrogen) atoms. The Morgan fingerprint density at radius 1 is 0.240 bits per heavy atom. The minimum atomic E-state index is -2.31. The Labute approximate surface area is 600 Å². The number of rotatable bonds is 16. The first-order valence-electron chi connectivity index (χ1n) is 34.1. The molecule has 0 fully saturated rings. The Bertz CT molecular complexity index is 2900. The van der Waals surface area contributed by atoms with Gasteiger partial charge in [0, 0.05) is 83.9 Å². The van der Waals surface area contributed by atoms with Crippen LogP contribution < -0.4 is 76.7 Å². The maximum Gasteiger partial charge on any atom is 0.253 e. The Morgan fingerprint density at radius 3 is 0.360 bits per heavy atom. The van der Waals surface area contributed by atoms with Crippen LogP contribution in [0.1, 0.15) is 153 Å². The van der Waals surface area contributed by atoms with Crippen LogP contribution in [-0.2, 0) is 109 Å². The molecular formula is C68H120B4N20O8. The van der Waals surface area contributed by atoms with Crippen molar-refractivity contribution in [3.05, 3.63) is 146 Å². The van der Waals surface area contributed by atoms with E-state index in [2.05, 4.69) is 339 Å². The molecule has 0 unspecified atom stereocenters. The predicted octanol–water partition coefficient (Wildman–Crippen LogP) is -2.72. The molecule has 0 aliphatic rings. The highest BCUT2D eigenvalue weighted by Crippen LogP contribution is 1.99. The molecule has 0 aromatic carbocycles. The summed E-state index contributed by atoms with van der Waals surface area (Å²) in [6.45, 7) is 43.7. The maximum absolute atomic E-state index is 8.98. The first-order valence-corrected chi connectivity index (χ1v) is 34.1. The lowest BCUT2D eigenvalue weighted by atomic mass is 9.97. The third-order valence-corrected chi connectivity index (χ3v) is 15.3. The predicted molar refractivity (Wildman–Crippen MR) is 371 cm³/mol.